The summed E-state index contributed by atoms with van der Waals surface area (Å²) in [5.74, 6) is 4.33. The third kappa shape index (κ3) is 4.08. The van der Waals surface area contributed by atoms with Crippen LogP contribution in [0.15, 0.2) is 41.3 Å². The van der Waals surface area contributed by atoms with Gasteiger partial charge in [0.1, 0.15) is 5.60 Å². The molecule has 1 aromatic heterocycles. The van der Waals surface area contributed by atoms with Gasteiger partial charge in [-0.1, -0.05) is 36.6 Å². The first-order valence-electron chi connectivity index (χ1n) is 13.0. The molecule has 0 bridgehead atoms. The second kappa shape index (κ2) is 9.09. The molecular weight excluding hydrogens is 438 g/mol. The number of pyridine rings is 1. The molecule has 0 radical (unpaired) electrons. The Morgan fingerprint density at radius 1 is 1.26 bits per heavy atom. The highest BCUT2D eigenvalue weighted by Crippen LogP contribution is 2.67. The van der Waals surface area contributed by atoms with E-state index in [1.54, 1.807) is 12.4 Å². The number of amides is 1. The van der Waals surface area contributed by atoms with E-state index in [1.807, 2.05) is 12.1 Å². The number of hydrogen-bond acceptors (Lipinski definition) is 5. The van der Waals surface area contributed by atoms with Crippen molar-refractivity contribution in [3.63, 3.8) is 0 Å². The number of nitrogens with one attached hydrogen (secondary N) is 1. The van der Waals surface area contributed by atoms with E-state index in [0.29, 0.717) is 24.3 Å². The molecule has 4 aliphatic carbocycles. The molecule has 1 heterocycles. The van der Waals surface area contributed by atoms with E-state index >= 15 is 0 Å². The smallest absolute Gasteiger partial charge is 0.261 e. The number of carbonyl (C=O) groups is 1. The van der Waals surface area contributed by atoms with Crippen molar-refractivity contribution in [3.8, 4) is 12.3 Å². The van der Waals surface area contributed by atoms with Crippen molar-refractivity contribution < 1.29 is 14.7 Å². The summed E-state index contributed by atoms with van der Waals surface area (Å²) in [7, 11) is 0. The molecule has 6 heteroatoms. The monoisotopic (exact) mass is 475 g/mol. The van der Waals surface area contributed by atoms with Crippen molar-refractivity contribution in [2.45, 2.75) is 77.4 Å². The Hall–Kier alpha value is -2.65. The second-order valence-electron chi connectivity index (χ2n) is 11.5. The van der Waals surface area contributed by atoms with Gasteiger partial charge in [0.25, 0.3) is 5.91 Å². The summed E-state index contributed by atoms with van der Waals surface area (Å²) < 4.78 is 0. The molecule has 4 aliphatic rings. The van der Waals surface area contributed by atoms with Crippen molar-refractivity contribution in [2.24, 2.45) is 33.7 Å². The number of oxime groups is 1. The molecule has 6 atom stereocenters. The van der Waals surface area contributed by atoms with Gasteiger partial charge in [-0.3, -0.25) is 9.78 Å². The van der Waals surface area contributed by atoms with Gasteiger partial charge in [0, 0.05) is 24.4 Å². The van der Waals surface area contributed by atoms with Crippen LogP contribution in [-0.4, -0.2) is 33.9 Å². The van der Waals surface area contributed by atoms with Gasteiger partial charge in [0.05, 0.1) is 5.71 Å². The standard InChI is InChI=1S/C29H37N3O3/c1-4-29(34)14-11-25-23-8-7-21-16-22(9-12-27(21,2)24(23)10-13-28(25,29)3)32-35-19-26(33)31-18-20-6-5-15-30-17-20/h1,5-6,15-17,23-25,34H,7-14,18-19H2,2-3H3,(H,31,33)/b32-22+/t23-,24+,25+,27+,28+,29-/m1/s1. The molecular formula is C29H37N3O3. The molecule has 0 spiro atoms. The summed E-state index contributed by atoms with van der Waals surface area (Å²) in [6.45, 7) is 5.01. The summed E-state index contributed by atoms with van der Waals surface area (Å²) >= 11 is 0. The minimum atomic E-state index is -0.951. The van der Waals surface area contributed by atoms with E-state index in [-0.39, 0.29) is 23.3 Å². The molecule has 0 saturated heterocycles. The number of nitrogens with zero attached hydrogens (tertiary/aromatic N) is 2. The average Bonchev–Trinajstić information content (AvgIpc) is 3.14. The molecule has 3 fully saturated rings. The second-order valence-corrected chi connectivity index (χ2v) is 11.5. The average molecular weight is 476 g/mol. The Morgan fingerprint density at radius 2 is 2.09 bits per heavy atom. The van der Waals surface area contributed by atoms with Crippen LogP contribution < -0.4 is 5.32 Å². The highest BCUT2D eigenvalue weighted by molar-refractivity contribution is 5.96. The molecule has 0 unspecified atom stereocenters. The number of carbonyl (C=O) groups excluding carboxylic acids is 1. The first-order chi connectivity index (χ1) is 16.8. The number of hydrogen-bond donors (Lipinski definition) is 2. The van der Waals surface area contributed by atoms with Gasteiger partial charge in [-0.2, -0.15) is 0 Å². The van der Waals surface area contributed by atoms with Gasteiger partial charge in [0.2, 0.25) is 0 Å². The van der Waals surface area contributed by atoms with Crippen molar-refractivity contribution in [1.29, 1.82) is 0 Å². The van der Waals surface area contributed by atoms with Crippen LogP contribution in [0, 0.1) is 40.9 Å². The zero-order valence-corrected chi connectivity index (χ0v) is 20.9. The van der Waals surface area contributed by atoms with Gasteiger partial charge in [-0.05, 0) is 92.2 Å². The summed E-state index contributed by atoms with van der Waals surface area (Å²) in [4.78, 5) is 21.6. The Balaban J connectivity index is 1.21. The van der Waals surface area contributed by atoms with Crippen LogP contribution in [0.5, 0.6) is 0 Å². The molecule has 3 saturated carbocycles. The third-order valence-electron chi connectivity index (χ3n) is 9.96. The summed E-state index contributed by atoms with van der Waals surface area (Å²) in [6, 6.07) is 3.77. The Bertz CT molecular complexity index is 1080. The lowest BCUT2D eigenvalue weighted by molar-refractivity contribution is -0.125. The van der Waals surface area contributed by atoms with E-state index in [4.69, 9.17) is 11.3 Å². The molecule has 1 amide bonds. The molecule has 186 valence electrons. The van der Waals surface area contributed by atoms with Crippen LogP contribution in [0.25, 0.3) is 0 Å². The first kappa shape index (κ1) is 24.1. The largest absolute Gasteiger partial charge is 0.385 e. The normalized spacial score (nSPS) is 39.0. The van der Waals surface area contributed by atoms with E-state index in [1.165, 1.54) is 5.57 Å². The van der Waals surface area contributed by atoms with Crippen molar-refractivity contribution in [3.05, 3.63) is 41.7 Å². The number of terminal acetylenes is 1. The highest BCUT2D eigenvalue weighted by Gasteiger charge is 2.63. The molecule has 0 aromatic carbocycles. The van der Waals surface area contributed by atoms with Crippen molar-refractivity contribution in [2.75, 3.05) is 6.61 Å². The lowest BCUT2D eigenvalue weighted by Crippen LogP contribution is -2.54. The lowest BCUT2D eigenvalue weighted by Gasteiger charge is -2.58. The molecule has 35 heavy (non-hydrogen) atoms. The molecule has 1 aromatic rings. The summed E-state index contributed by atoms with van der Waals surface area (Å²) in [5, 5.41) is 18.3. The fourth-order valence-corrected chi connectivity index (χ4v) is 7.82. The van der Waals surface area contributed by atoms with E-state index in [0.717, 1.165) is 62.6 Å². The van der Waals surface area contributed by atoms with Crippen LogP contribution in [0.2, 0.25) is 0 Å². The Morgan fingerprint density at radius 3 is 2.86 bits per heavy atom. The SMILES string of the molecule is C#C[C@@]1(O)CC[C@H]2[C@@H]3CCC4=C/C(=N/OCC(=O)NCc5cccnc5)CC[C@]4(C)[C@H]3CC[C@@]21C. The van der Waals surface area contributed by atoms with Gasteiger partial charge >= 0.3 is 0 Å². The molecule has 2 N–H and O–H groups in total. The van der Waals surface area contributed by atoms with Gasteiger partial charge < -0.3 is 15.3 Å². The van der Waals surface area contributed by atoms with Gasteiger partial charge in [-0.15, -0.1) is 6.42 Å². The quantitative estimate of drug-likeness (QED) is 0.488. The van der Waals surface area contributed by atoms with Crippen LogP contribution in [0.1, 0.15) is 70.8 Å². The predicted octanol–water partition coefficient (Wildman–Crippen LogP) is 4.40. The fourth-order valence-electron chi connectivity index (χ4n) is 7.82. The Kier molecular flexibility index (Phi) is 6.25. The maximum absolute atomic E-state index is 12.1. The van der Waals surface area contributed by atoms with Crippen molar-refractivity contribution >= 4 is 11.6 Å². The van der Waals surface area contributed by atoms with Crippen LogP contribution in [0.4, 0.5) is 0 Å². The molecule has 5 rings (SSSR count). The minimum Gasteiger partial charge on any atom is -0.385 e. The zero-order valence-electron chi connectivity index (χ0n) is 20.9. The maximum atomic E-state index is 12.1. The minimum absolute atomic E-state index is 0.0900. The predicted molar refractivity (Wildman–Crippen MR) is 135 cm³/mol. The molecule has 6 nitrogen and oxygen atoms in total. The van der Waals surface area contributed by atoms with Crippen molar-refractivity contribution in [1.82, 2.24) is 10.3 Å². The Labute approximate surface area is 208 Å². The number of fused-ring (bicyclic) bond motifs is 5. The number of aromatic nitrogens is 1. The van der Waals surface area contributed by atoms with Gasteiger partial charge in [-0.25, -0.2) is 0 Å². The van der Waals surface area contributed by atoms with E-state index in [9.17, 15) is 9.90 Å². The highest BCUT2D eigenvalue weighted by atomic mass is 16.6. The van der Waals surface area contributed by atoms with Crippen LogP contribution >= 0.6 is 0 Å². The van der Waals surface area contributed by atoms with Crippen LogP contribution in [0.3, 0.4) is 0 Å². The van der Waals surface area contributed by atoms with E-state index < -0.39 is 5.60 Å². The zero-order chi connectivity index (χ0) is 24.7. The lowest BCUT2D eigenvalue weighted by atomic mass is 9.46. The first-order valence-corrected chi connectivity index (χ1v) is 13.0. The third-order valence-corrected chi connectivity index (χ3v) is 9.96. The number of rotatable bonds is 5. The van der Waals surface area contributed by atoms with Gasteiger partial charge in [0.15, 0.2) is 6.61 Å². The summed E-state index contributed by atoms with van der Waals surface area (Å²) in [5.41, 5.74) is 2.41. The number of aliphatic hydroxyl groups is 1. The molecule has 0 aliphatic heterocycles. The maximum Gasteiger partial charge on any atom is 0.261 e. The number of allylic oxidation sites excluding steroid dienone is 2. The summed E-state index contributed by atoms with van der Waals surface area (Å²) in [6.07, 6.45) is 19.5. The van der Waals surface area contributed by atoms with E-state index in [2.05, 4.69) is 41.3 Å². The topological polar surface area (TPSA) is 83.8 Å². The van der Waals surface area contributed by atoms with Crippen LogP contribution in [-0.2, 0) is 16.2 Å². The fraction of sp³-hybridized carbons (Fsp3) is 0.621.